The Bertz CT molecular complexity index is 951. The van der Waals surface area contributed by atoms with E-state index in [-0.39, 0.29) is 0 Å². The summed E-state index contributed by atoms with van der Waals surface area (Å²) in [5.41, 5.74) is 3.51. The van der Waals surface area contributed by atoms with Crippen molar-refractivity contribution in [3.05, 3.63) is 48.2 Å². The Morgan fingerprint density at radius 3 is 3.11 bits per heavy atom. The molecule has 0 radical (unpaired) electrons. The number of rotatable bonds is 0. The number of oxazole rings is 1. The summed E-state index contributed by atoms with van der Waals surface area (Å²) in [6, 6.07) is 12.5. The molecule has 4 aromatic rings. The van der Waals surface area contributed by atoms with Crippen LogP contribution in [-0.4, -0.2) is 4.98 Å². The normalized spacial score (nSPS) is 13.1. The highest BCUT2D eigenvalue weighted by atomic mass is 32.1. The van der Waals surface area contributed by atoms with Gasteiger partial charge in [0.1, 0.15) is 4.83 Å². The number of nitrogens with zero attached hydrogens (tertiary/aromatic N) is 2. The van der Waals surface area contributed by atoms with Crippen LogP contribution in [-0.2, 0) is 6.54 Å². The van der Waals surface area contributed by atoms with Crippen molar-refractivity contribution in [2.24, 2.45) is 0 Å². The van der Waals surface area contributed by atoms with Crippen molar-refractivity contribution < 1.29 is 8.98 Å². The molecule has 0 bridgehead atoms. The zero-order valence-corrected chi connectivity index (χ0v) is 10.8. The van der Waals surface area contributed by atoms with Crippen LogP contribution in [0.25, 0.3) is 32.1 Å². The summed E-state index contributed by atoms with van der Waals surface area (Å²) in [4.78, 5) is 6.63. The van der Waals surface area contributed by atoms with Crippen LogP contribution in [0.15, 0.2) is 47.0 Å². The smallest absolute Gasteiger partial charge is 0.383 e. The summed E-state index contributed by atoms with van der Waals surface area (Å²) in [5.74, 6) is 0.975. The number of benzene rings is 1. The maximum absolute atomic E-state index is 6.12. The molecule has 0 fully saturated rings. The van der Waals surface area contributed by atoms with Gasteiger partial charge in [-0.1, -0.05) is 18.2 Å². The summed E-state index contributed by atoms with van der Waals surface area (Å²) in [6.07, 6.45) is 1.83. The number of fused-ring (bicyclic) bond motifs is 7. The van der Waals surface area contributed by atoms with Crippen LogP contribution < -0.4 is 4.57 Å². The van der Waals surface area contributed by atoms with Gasteiger partial charge in [-0.25, -0.2) is 4.98 Å². The van der Waals surface area contributed by atoms with Crippen LogP contribution in [0.1, 0.15) is 5.56 Å². The molecule has 0 atom stereocenters. The molecular weight excluding hydrogens is 256 g/mol. The fraction of sp³-hybridized carbons (Fsp3) is 0.0667. The third-order valence-electron chi connectivity index (χ3n) is 3.67. The Hall–Kier alpha value is -2.20. The molecule has 0 saturated heterocycles. The van der Waals surface area contributed by atoms with Crippen molar-refractivity contribution in [3.63, 3.8) is 0 Å². The minimum absolute atomic E-state index is 0.894. The second-order valence-corrected chi connectivity index (χ2v) is 5.72. The van der Waals surface area contributed by atoms with E-state index in [1.54, 1.807) is 11.3 Å². The molecule has 0 amide bonds. The lowest BCUT2D eigenvalue weighted by atomic mass is 10.1. The first-order valence-electron chi connectivity index (χ1n) is 6.20. The van der Waals surface area contributed by atoms with Gasteiger partial charge in [-0.05, 0) is 29.5 Å². The molecule has 1 aromatic carbocycles. The van der Waals surface area contributed by atoms with Crippen molar-refractivity contribution in [2.45, 2.75) is 6.54 Å². The molecule has 4 heteroatoms. The zero-order valence-electron chi connectivity index (χ0n) is 9.96. The van der Waals surface area contributed by atoms with Crippen molar-refractivity contribution in [2.75, 3.05) is 0 Å². The van der Waals surface area contributed by atoms with Gasteiger partial charge in [0.2, 0.25) is 5.58 Å². The van der Waals surface area contributed by atoms with Gasteiger partial charge in [0.05, 0.1) is 10.9 Å². The summed E-state index contributed by atoms with van der Waals surface area (Å²) >= 11 is 1.70. The first kappa shape index (κ1) is 9.69. The molecule has 0 spiro atoms. The third kappa shape index (κ3) is 1.12. The highest BCUT2D eigenvalue weighted by Crippen LogP contribution is 2.37. The van der Waals surface area contributed by atoms with E-state index in [9.17, 15) is 0 Å². The minimum Gasteiger partial charge on any atom is -0.396 e. The van der Waals surface area contributed by atoms with Crippen LogP contribution in [0.5, 0.6) is 0 Å². The highest BCUT2D eigenvalue weighted by Gasteiger charge is 2.35. The average molecular weight is 265 g/mol. The average Bonchev–Trinajstić information content (AvgIpc) is 3.07. The van der Waals surface area contributed by atoms with E-state index < -0.39 is 0 Å². The molecule has 4 heterocycles. The first-order valence-corrected chi connectivity index (χ1v) is 7.01. The Balaban J connectivity index is 1.93. The van der Waals surface area contributed by atoms with E-state index in [4.69, 9.17) is 4.42 Å². The van der Waals surface area contributed by atoms with Crippen LogP contribution in [0.3, 0.4) is 0 Å². The van der Waals surface area contributed by atoms with Crippen molar-refractivity contribution in [1.29, 1.82) is 0 Å². The summed E-state index contributed by atoms with van der Waals surface area (Å²) < 4.78 is 8.38. The molecule has 1 aliphatic heterocycles. The number of hydrogen-bond donors (Lipinski definition) is 0. The minimum atomic E-state index is 0.894. The van der Waals surface area contributed by atoms with Gasteiger partial charge in [0.15, 0.2) is 6.54 Å². The Morgan fingerprint density at radius 2 is 2.11 bits per heavy atom. The van der Waals surface area contributed by atoms with Crippen molar-refractivity contribution in [3.8, 4) is 11.5 Å². The molecule has 1 aliphatic rings. The van der Waals surface area contributed by atoms with Gasteiger partial charge < -0.3 is 4.42 Å². The van der Waals surface area contributed by atoms with Gasteiger partial charge in [-0.3, -0.25) is 0 Å². The lowest BCUT2D eigenvalue weighted by molar-refractivity contribution is -0.647. The molecule has 3 aromatic heterocycles. The van der Waals surface area contributed by atoms with Crippen LogP contribution in [0.2, 0.25) is 0 Å². The van der Waals surface area contributed by atoms with Gasteiger partial charge in [0, 0.05) is 11.8 Å². The van der Waals surface area contributed by atoms with Crippen LogP contribution >= 0.6 is 11.3 Å². The summed E-state index contributed by atoms with van der Waals surface area (Å²) in [6.45, 7) is 0.894. The quantitative estimate of drug-likeness (QED) is 0.402. The molecule has 0 aliphatic carbocycles. The molecule has 5 rings (SSSR count). The molecule has 19 heavy (non-hydrogen) atoms. The van der Waals surface area contributed by atoms with Crippen molar-refractivity contribution >= 4 is 32.0 Å². The second kappa shape index (κ2) is 3.22. The lowest BCUT2D eigenvalue weighted by Gasteiger charge is -1.89. The van der Waals surface area contributed by atoms with Crippen LogP contribution in [0.4, 0.5) is 0 Å². The first-order chi connectivity index (χ1) is 9.42. The van der Waals surface area contributed by atoms with Gasteiger partial charge in [-0.15, -0.1) is 4.57 Å². The molecule has 0 N–H and O–H groups in total. The van der Waals surface area contributed by atoms with Gasteiger partial charge >= 0.3 is 10.7 Å². The number of hydrogen-bond acceptors (Lipinski definition) is 3. The summed E-state index contributed by atoms with van der Waals surface area (Å²) in [7, 11) is 0. The predicted octanol–water partition coefficient (Wildman–Crippen LogP) is 3.36. The Morgan fingerprint density at radius 1 is 1.16 bits per heavy atom. The van der Waals surface area contributed by atoms with E-state index in [2.05, 4.69) is 39.9 Å². The second-order valence-electron chi connectivity index (χ2n) is 4.74. The van der Waals surface area contributed by atoms with Gasteiger partial charge in [-0.2, -0.15) is 0 Å². The Labute approximate surface area is 112 Å². The number of thiophene rings is 1. The highest BCUT2D eigenvalue weighted by molar-refractivity contribution is 7.24. The fourth-order valence-corrected chi connectivity index (χ4v) is 3.87. The van der Waals surface area contributed by atoms with E-state index >= 15 is 0 Å². The molecule has 3 nitrogen and oxygen atoms in total. The predicted molar refractivity (Wildman–Crippen MR) is 74.1 cm³/mol. The topological polar surface area (TPSA) is 29.9 Å². The van der Waals surface area contributed by atoms with Crippen LogP contribution in [0, 0.1) is 0 Å². The lowest BCUT2D eigenvalue weighted by Crippen LogP contribution is -2.29. The molecule has 0 saturated carbocycles. The maximum atomic E-state index is 6.12. The molecule has 90 valence electrons. The number of aromatic nitrogens is 2. The standard InChI is InChI=1S/C15H9N2OS/c1-2-5-10-9(4-1)8-17-14(10)18-12-11-6-3-7-16-13(11)19-15(12)17/h1-7H,8H2/q+1. The Kier molecular flexibility index (Phi) is 1.64. The van der Waals surface area contributed by atoms with E-state index in [0.29, 0.717) is 0 Å². The largest absolute Gasteiger partial charge is 0.396 e. The fourth-order valence-electron chi connectivity index (χ4n) is 2.80. The maximum Gasteiger partial charge on any atom is 0.383 e. The van der Waals surface area contributed by atoms with E-state index in [0.717, 1.165) is 28.2 Å². The van der Waals surface area contributed by atoms with E-state index in [1.165, 1.54) is 16.0 Å². The van der Waals surface area contributed by atoms with Gasteiger partial charge in [0.25, 0.3) is 0 Å². The third-order valence-corrected chi connectivity index (χ3v) is 4.79. The van der Waals surface area contributed by atoms with E-state index in [1.807, 2.05) is 12.3 Å². The van der Waals surface area contributed by atoms with Crippen molar-refractivity contribution in [1.82, 2.24) is 4.98 Å². The SMILES string of the molecule is c1ccc2c(c1)C[n+]1c-2oc2c3cccnc3sc21. The zero-order chi connectivity index (χ0) is 12.4. The monoisotopic (exact) mass is 265 g/mol. The number of pyridine rings is 1. The molecular formula is C15H9N2OS+. The summed E-state index contributed by atoms with van der Waals surface area (Å²) in [5, 5.41) is 1.11. The molecule has 0 unspecified atom stereocenters.